The van der Waals surface area contributed by atoms with Crippen LogP contribution in [-0.2, 0) is 4.79 Å². The van der Waals surface area contributed by atoms with Gasteiger partial charge in [0.25, 0.3) is 0 Å². The molecular formula is C30H22N2O2S. The number of carboxylic acid groups (broad SMARTS) is 1. The van der Waals surface area contributed by atoms with Gasteiger partial charge in [0, 0.05) is 22.0 Å². The van der Waals surface area contributed by atoms with Crippen LogP contribution in [0.3, 0.4) is 0 Å². The minimum Gasteiger partial charge on any atom is -0.477 e. The summed E-state index contributed by atoms with van der Waals surface area (Å²) in [5.41, 5.74) is 5.43. The van der Waals surface area contributed by atoms with Gasteiger partial charge in [-0.15, -0.1) is 12.6 Å². The largest absolute Gasteiger partial charge is 0.477 e. The summed E-state index contributed by atoms with van der Waals surface area (Å²) in [6.07, 6.45) is 5.30. The molecule has 0 aromatic heterocycles. The average Bonchev–Trinajstić information content (AvgIpc) is 2.89. The van der Waals surface area contributed by atoms with Crippen LogP contribution in [0.15, 0.2) is 114 Å². The first-order chi connectivity index (χ1) is 17.0. The lowest BCUT2D eigenvalue weighted by Crippen LogP contribution is -2.09. The number of para-hydroxylation sites is 2. The molecule has 0 fully saturated rings. The van der Waals surface area contributed by atoms with E-state index < -0.39 is 5.97 Å². The maximum Gasteiger partial charge on any atom is 0.346 e. The fourth-order valence-corrected chi connectivity index (χ4v) is 3.90. The van der Waals surface area contributed by atoms with E-state index in [0.29, 0.717) is 10.5 Å². The van der Waals surface area contributed by atoms with Crippen LogP contribution < -0.4 is 4.90 Å². The Bertz CT molecular complexity index is 1380. The Morgan fingerprint density at radius 1 is 0.771 bits per heavy atom. The van der Waals surface area contributed by atoms with Crippen molar-refractivity contribution in [3.63, 3.8) is 0 Å². The third-order valence-corrected chi connectivity index (χ3v) is 5.74. The van der Waals surface area contributed by atoms with E-state index in [0.717, 1.165) is 28.2 Å². The summed E-state index contributed by atoms with van der Waals surface area (Å²) in [6.45, 7) is 0. The van der Waals surface area contributed by atoms with E-state index >= 15 is 0 Å². The highest BCUT2D eigenvalue weighted by Gasteiger charge is 2.11. The van der Waals surface area contributed by atoms with Crippen LogP contribution in [0.2, 0.25) is 0 Å². The summed E-state index contributed by atoms with van der Waals surface area (Å²) in [5, 5.41) is 18.0. The van der Waals surface area contributed by atoms with Crippen molar-refractivity contribution in [2.24, 2.45) is 0 Å². The summed E-state index contributed by atoms with van der Waals surface area (Å²) in [6, 6.07) is 35.9. The standard InChI is InChI=1S/C30H22N2O2S/c31-21-25(30(33)34)20-24-16-13-23(19-29(24)35)12-11-22-14-17-28(18-15-22)32(26-7-3-1-4-8-26)27-9-5-2-6-10-27/h1-20,35H,(H,33,34)/b12-11+,25-20+. The molecule has 0 saturated heterocycles. The van der Waals surface area contributed by atoms with Crippen LogP contribution >= 0.6 is 12.6 Å². The molecule has 4 aromatic rings. The molecule has 5 heteroatoms. The molecular weight excluding hydrogens is 452 g/mol. The molecule has 4 nitrogen and oxygen atoms in total. The third kappa shape index (κ3) is 5.89. The van der Waals surface area contributed by atoms with Crippen molar-refractivity contribution in [2.75, 3.05) is 4.90 Å². The predicted molar refractivity (Wildman–Crippen MR) is 145 cm³/mol. The van der Waals surface area contributed by atoms with Crippen LogP contribution in [0, 0.1) is 11.3 Å². The number of nitriles is 1. The van der Waals surface area contributed by atoms with Gasteiger partial charge in [0.1, 0.15) is 11.6 Å². The lowest BCUT2D eigenvalue weighted by Gasteiger charge is -2.25. The van der Waals surface area contributed by atoms with Crippen molar-refractivity contribution in [1.29, 1.82) is 5.26 Å². The number of carbonyl (C=O) groups is 1. The van der Waals surface area contributed by atoms with Crippen molar-refractivity contribution in [3.05, 3.63) is 125 Å². The van der Waals surface area contributed by atoms with E-state index in [2.05, 4.69) is 66.1 Å². The third-order valence-electron chi connectivity index (χ3n) is 5.35. The topological polar surface area (TPSA) is 64.3 Å². The minimum absolute atomic E-state index is 0.330. The van der Waals surface area contributed by atoms with Gasteiger partial charge in [0.2, 0.25) is 0 Å². The molecule has 4 aromatic carbocycles. The predicted octanol–water partition coefficient (Wildman–Crippen LogP) is 7.61. The number of thiol groups is 1. The smallest absolute Gasteiger partial charge is 0.346 e. The van der Waals surface area contributed by atoms with Gasteiger partial charge in [0.05, 0.1) is 0 Å². The average molecular weight is 475 g/mol. The zero-order chi connectivity index (χ0) is 24.6. The van der Waals surface area contributed by atoms with Gasteiger partial charge in [-0.2, -0.15) is 5.26 Å². The van der Waals surface area contributed by atoms with E-state index in [1.165, 1.54) is 6.08 Å². The zero-order valence-electron chi connectivity index (χ0n) is 18.7. The normalized spacial score (nSPS) is 11.3. The van der Waals surface area contributed by atoms with E-state index in [-0.39, 0.29) is 5.57 Å². The molecule has 0 aliphatic rings. The fraction of sp³-hybridized carbons (Fsp3) is 0. The highest BCUT2D eigenvalue weighted by Crippen LogP contribution is 2.34. The Labute approximate surface area is 210 Å². The fourth-order valence-electron chi connectivity index (χ4n) is 3.61. The van der Waals surface area contributed by atoms with Crippen LogP contribution in [0.25, 0.3) is 18.2 Å². The summed E-state index contributed by atoms with van der Waals surface area (Å²) in [7, 11) is 0. The van der Waals surface area contributed by atoms with Gasteiger partial charge in [0.15, 0.2) is 0 Å². The van der Waals surface area contributed by atoms with Gasteiger partial charge in [-0.25, -0.2) is 4.79 Å². The number of hydrogen-bond donors (Lipinski definition) is 2. The van der Waals surface area contributed by atoms with Crippen molar-refractivity contribution >= 4 is 53.9 Å². The van der Waals surface area contributed by atoms with Crippen molar-refractivity contribution in [3.8, 4) is 6.07 Å². The molecule has 35 heavy (non-hydrogen) atoms. The Hall–Kier alpha value is -4.53. The first-order valence-corrected chi connectivity index (χ1v) is 11.4. The van der Waals surface area contributed by atoms with Crippen LogP contribution in [0.5, 0.6) is 0 Å². The Morgan fingerprint density at radius 2 is 1.29 bits per heavy atom. The molecule has 170 valence electrons. The molecule has 0 heterocycles. The second kappa shape index (κ2) is 11.1. The van der Waals surface area contributed by atoms with Crippen molar-refractivity contribution < 1.29 is 9.90 Å². The minimum atomic E-state index is -1.26. The summed E-state index contributed by atoms with van der Waals surface area (Å²) in [5.74, 6) is -1.26. The number of benzene rings is 4. The van der Waals surface area contributed by atoms with E-state index in [4.69, 9.17) is 10.4 Å². The van der Waals surface area contributed by atoms with Crippen molar-refractivity contribution in [1.82, 2.24) is 0 Å². The molecule has 0 aliphatic heterocycles. The zero-order valence-corrected chi connectivity index (χ0v) is 19.6. The summed E-state index contributed by atoms with van der Waals surface area (Å²) >= 11 is 4.45. The summed E-state index contributed by atoms with van der Waals surface area (Å²) in [4.78, 5) is 13.9. The van der Waals surface area contributed by atoms with Crippen LogP contribution in [0.4, 0.5) is 17.1 Å². The van der Waals surface area contributed by atoms with Gasteiger partial charge in [-0.05, 0) is 65.2 Å². The quantitative estimate of drug-likeness (QED) is 0.125. The molecule has 4 rings (SSSR count). The number of hydrogen-bond acceptors (Lipinski definition) is 4. The van der Waals surface area contributed by atoms with Gasteiger partial charge in [-0.1, -0.05) is 72.8 Å². The molecule has 0 atom stereocenters. The lowest BCUT2D eigenvalue weighted by molar-refractivity contribution is -0.132. The second-order valence-electron chi connectivity index (χ2n) is 7.72. The number of carboxylic acids is 1. The second-order valence-corrected chi connectivity index (χ2v) is 8.21. The molecule has 1 N–H and O–H groups in total. The molecule has 0 amide bonds. The Balaban J connectivity index is 1.56. The maximum absolute atomic E-state index is 11.1. The molecule has 0 aliphatic carbocycles. The molecule has 0 saturated carbocycles. The van der Waals surface area contributed by atoms with E-state index in [1.807, 2.05) is 60.7 Å². The molecule has 0 unspecified atom stereocenters. The van der Waals surface area contributed by atoms with E-state index in [9.17, 15) is 4.79 Å². The molecule has 0 radical (unpaired) electrons. The SMILES string of the molecule is N#C/C(=C\c1ccc(/C=C/c2ccc(N(c3ccccc3)c3ccccc3)cc2)cc1S)C(=O)O. The van der Waals surface area contributed by atoms with Crippen molar-refractivity contribution in [2.45, 2.75) is 4.90 Å². The Kier molecular flexibility index (Phi) is 7.47. The monoisotopic (exact) mass is 474 g/mol. The van der Waals surface area contributed by atoms with Gasteiger partial charge < -0.3 is 10.0 Å². The maximum atomic E-state index is 11.1. The van der Waals surface area contributed by atoms with Crippen LogP contribution in [-0.4, -0.2) is 11.1 Å². The van der Waals surface area contributed by atoms with Crippen LogP contribution in [0.1, 0.15) is 16.7 Å². The highest BCUT2D eigenvalue weighted by molar-refractivity contribution is 7.80. The number of rotatable bonds is 7. The number of anilines is 3. The first-order valence-electron chi connectivity index (χ1n) is 10.9. The molecule has 0 spiro atoms. The number of nitrogens with zero attached hydrogens (tertiary/aromatic N) is 2. The number of aliphatic carboxylic acids is 1. The Morgan fingerprint density at radius 3 is 1.80 bits per heavy atom. The summed E-state index contributed by atoms with van der Waals surface area (Å²) < 4.78 is 0. The highest BCUT2D eigenvalue weighted by atomic mass is 32.1. The van der Waals surface area contributed by atoms with Gasteiger partial charge in [-0.3, -0.25) is 0 Å². The van der Waals surface area contributed by atoms with Gasteiger partial charge >= 0.3 is 5.97 Å². The van der Waals surface area contributed by atoms with E-state index in [1.54, 1.807) is 12.1 Å². The first kappa shape index (κ1) is 23.6. The lowest BCUT2D eigenvalue weighted by atomic mass is 10.1. The molecule has 0 bridgehead atoms.